The minimum atomic E-state index is -3.86. The first-order valence-corrected chi connectivity index (χ1v) is 8.03. The number of rotatable bonds is 5. The van der Waals surface area contributed by atoms with E-state index in [1.54, 1.807) is 0 Å². The highest BCUT2D eigenvalue weighted by Gasteiger charge is 2.11. The molecule has 0 atom stereocenters. The Morgan fingerprint density at radius 1 is 0.842 bits per heavy atom. The quantitative estimate of drug-likeness (QED) is 0.822. The molecule has 2 aromatic carbocycles. The average Bonchev–Trinajstić information content (AvgIpc) is 2.39. The predicted molar refractivity (Wildman–Crippen MR) is 77.1 cm³/mol. The van der Waals surface area contributed by atoms with Crippen LogP contribution in [0, 0.1) is 0 Å². The zero-order chi connectivity index (χ0) is 13.7. The van der Waals surface area contributed by atoms with Crippen LogP contribution < -0.4 is 0 Å². The Morgan fingerprint density at radius 2 is 1.42 bits per heavy atom. The summed E-state index contributed by atoms with van der Waals surface area (Å²) in [7, 11) is -3.86. The Balaban J connectivity index is 1.97. The smallest absolute Gasteiger partial charge is 0.324 e. The molecule has 0 aliphatic rings. The third-order valence-electron chi connectivity index (χ3n) is 2.98. The molecule has 3 nitrogen and oxygen atoms in total. The largest absolute Gasteiger partial charge is 0.325 e. The molecule has 100 valence electrons. The van der Waals surface area contributed by atoms with Crippen molar-refractivity contribution in [2.24, 2.45) is 0 Å². The summed E-state index contributed by atoms with van der Waals surface area (Å²) in [6.07, 6.45) is 1.16. The topological polar surface area (TPSA) is 57.5 Å². The van der Waals surface area contributed by atoms with Gasteiger partial charge in [-0.1, -0.05) is 54.6 Å². The lowest BCUT2D eigenvalue weighted by molar-refractivity contribution is 0.371. The first-order chi connectivity index (χ1) is 9.04. The fraction of sp³-hybridized carbons (Fsp3) is 0.200. The Bertz CT molecular complexity index is 558. The summed E-state index contributed by atoms with van der Waals surface area (Å²) in [5.41, 5.74) is 3.43. The summed E-state index contributed by atoms with van der Waals surface area (Å²) in [6, 6.07) is 18.2. The molecule has 4 heteroatoms. The van der Waals surface area contributed by atoms with E-state index in [0.29, 0.717) is 12.8 Å². The van der Waals surface area contributed by atoms with Crippen molar-refractivity contribution >= 4 is 7.60 Å². The van der Waals surface area contributed by atoms with Crippen LogP contribution in [0.15, 0.2) is 54.6 Å². The molecule has 0 heterocycles. The molecule has 0 saturated heterocycles. The van der Waals surface area contributed by atoms with Crippen LogP contribution in [0.5, 0.6) is 0 Å². The van der Waals surface area contributed by atoms with Crippen molar-refractivity contribution < 1.29 is 14.4 Å². The molecule has 0 aliphatic heterocycles. The van der Waals surface area contributed by atoms with E-state index in [-0.39, 0.29) is 6.16 Å². The van der Waals surface area contributed by atoms with Crippen molar-refractivity contribution in [3.05, 3.63) is 60.2 Å². The van der Waals surface area contributed by atoms with Crippen LogP contribution in [0.2, 0.25) is 0 Å². The molecular weight excluding hydrogens is 259 g/mol. The zero-order valence-electron chi connectivity index (χ0n) is 10.6. The first kappa shape index (κ1) is 14.0. The number of aryl methyl sites for hydroxylation is 1. The van der Waals surface area contributed by atoms with Gasteiger partial charge in [-0.25, -0.2) is 0 Å². The number of hydrogen-bond donors (Lipinski definition) is 2. The summed E-state index contributed by atoms with van der Waals surface area (Å²) < 4.78 is 10.8. The average molecular weight is 276 g/mol. The Labute approximate surface area is 113 Å². The molecule has 19 heavy (non-hydrogen) atoms. The second-order valence-corrected chi connectivity index (χ2v) is 6.33. The van der Waals surface area contributed by atoms with Gasteiger partial charge in [-0.15, -0.1) is 0 Å². The van der Waals surface area contributed by atoms with E-state index in [2.05, 4.69) is 12.1 Å². The number of benzene rings is 2. The second-order valence-electron chi connectivity index (χ2n) is 4.55. The minimum absolute atomic E-state index is 0.0482. The van der Waals surface area contributed by atoms with Crippen molar-refractivity contribution in [1.82, 2.24) is 0 Å². The van der Waals surface area contributed by atoms with Gasteiger partial charge in [0, 0.05) is 0 Å². The maximum Gasteiger partial charge on any atom is 0.325 e. The van der Waals surface area contributed by atoms with E-state index in [4.69, 9.17) is 9.79 Å². The second kappa shape index (κ2) is 6.16. The molecule has 0 radical (unpaired) electrons. The fourth-order valence-corrected chi connectivity index (χ4v) is 2.55. The molecule has 2 rings (SSSR count). The van der Waals surface area contributed by atoms with Crippen LogP contribution in [0.4, 0.5) is 0 Å². The lowest BCUT2D eigenvalue weighted by atomic mass is 10.0. The first-order valence-electron chi connectivity index (χ1n) is 6.23. The van der Waals surface area contributed by atoms with Crippen LogP contribution >= 0.6 is 7.60 Å². The van der Waals surface area contributed by atoms with Crippen molar-refractivity contribution in [2.75, 3.05) is 6.16 Å². The standard InChI is InChI=1S/C15H17O3P/c16-19(17,18)12-4-5-13-8-10-15(11-9-13)14-6-2-1-3-7-14/h1-3,6-11H,4-5,12H2,(H2,16,17,18). The predicted octanol–water partition coefficient (Wildman–Crippen LogP) is 3.46. The lowest BCUT2D eigenvalue weighted by Crippen LogP contribution is -1.92. The summed E-state index contributed by atoms with van der Waals surface area (Å²) >= 11 is 0. The highest BCUT2D eigenvalue weighted by Crippen LogP contribution is 2.35. The molecule has 0 spiro atoms. The van der Waals surface area contributed by atoms with Crippen LogP contribution in [-0.2, 0) is 11.0 Å². The maximum absolute atomic E-state index is 10.8. The monoisotopic (exact) mass is 276 g/mol. The van der Waals surface area contributed by atoms with Crippen molar-refractivity contribution in [3.8, 4) is 11.1 Å². The third kappa shape index (κ3) is 4.64. The third-order valence-corrected chi connectivity index (χ3v) is 3.87. The summed E-state index contributed by atoms with van der Waals surface area (Å²) in [5.74, 6) is 0. The molecule has 0 fully saturated rings. The van der Waals surface area contributed by atoms with Crippen LogP contribution in [0.3, 0.4) is 0 Å². The van der Waals surface area contributed by atoms with E-state index < -0.39 is 7.60 Å². The van der Waals surface area contributed by atoms with Gasteiger partial charge in [0.25, 0.3) is 0 Å². The van der Waals surface area contributed by atoms with E-state index in [1.165, 1.54) is 5.56 Å². The van der Waals surface area contributed by atoms with Crippen molar-refractivity contribution in [3.63, 3.8) is 0 Å². The normalized spacial score (nSPS) is 11.5. The van der Waals surface area contributed by atoms with Crippen LogP contribution in [0.25, 0.3) is 11.1 Å². The van der Waals surface area contributed by atoms with Crippen LogP contribution in [-0.4, -0.2) is 15.9 Å². The molecule has 0 aliphatic carbocycles. The van der Waals surface area contributed by atoms with E-state index in [9.17, 15) is 4.57 Å². The van der Waals surface area contributed by atoms with Crippen molar-refractivity contribution in [2.45, 2.75) is 12.8 Å². The van der Waals surface area contributed by atoms with Gasteiger partial charge < -0.3 is 9.79 Å². The highest BCUT2D eigenvalue weighted by molar-refractivity contribution is 7.51. The highest BCUT2D eigenvalue weighted by atomic mass is 31.2. The molecule has 2 N–H and O–H groups in total. The van der Waals surface area contributed by atoms with Gasteiger partial charge in [0.05, 0.1) is 6.16 Å². The molecule has 0 bridgehead atoms. The summed E-state index contributed by atoms with van der Waals surface area (Å²) in [6.45, 7) is 0. The Kier molecular flexibility index (Phi) is 4.54. The van der Waals surface area contributed by atoms with Gasteiger partial charge in [-0.05, 0) is 29.5 Å². The van der Waals surface area contributed by atoms with E-state index >= 15 is 0 Å². The van der Waals surface area contributed by atoms with Gasteiger partial charge in [0.2, 0.25) is 0 Å². The Morgan fingerprint density at radius 3 is 2.00 bits per heavy atom. The molecular formula is C15H17O3P. The minimum Gasteiger partial charge on any atom is -0.324 e. The molecule has 0 saturated carbocycles. The summed E-state index contributed by atoms with van der Waals surface area (Å²) in [4.78, 5) is 17.6. The van der Waals surface area contributed by atoms with Crippen molar-refractivity contribution in [1.29, 1.82) is 0 Å². The fourth-order valence-electron chi connectivity index (χ4n) is 1.98. The van der Waals surface area contributed by atoms with Gasteiger partial charge in [0.15, 0.2) is 0 Å². The Hall–Kier alpha value is -1.41. The summed E-state index contributed by atoms with van der Waals surface area (Å²) in [5, 5.41) is 0. The number of hydrogen-bond acceptors (Lipinski definition) is 1. The van der Waals surface area contributed by atoms with Gasteiger partial charge in [-0.3, -0.25) is 4.57 Å². The van der Waals surface area contributed by atoms with Gasteiger partial charge in [0.1, 0.15) is 0 Å². The van der Waals surface area contributed by atoms with Gasteiger partial charge in [-0.2, -0.15) is 0 Å². The lowest BCUT2D eigenvalue weighted by Gasteiger charge is -2.05. The van der Waals surface area contributed by atoms with E-state index in [1.807, 2.05) is 42.5 Å². The van der Waals surface area contributed by atoms with Crippen LogP contribution in [0.1, 0.15) is 12.0 Å². The maximum atomic E-state index is 10.8. The molecule has 0 aromatic heterocycles. The molecule has 2 aromatic rings. The molecule has 0 unspecified atom stereocenters. The SMILES string of the molecule is O=P(O)(O)CCCc1ccc(-c2ccccc2)cc1. The van der Waals surface area contributed by atoms with E-state index in [0.717, 1.165) is 11.1 Å². The molecule has 0 amide bonds. The van der Waals surface area contributed by atoms with Gasteiger partial charge >= 0.3 is 7.60 Å². The zero-order valence-corrected chi connectivity index (χ0v) is 11.5.